The molecule has 20 heavy (non-hydrogen) atoms. The molecule has 0 radical (unpaired) electrons. The average molecular weight is 267 g/mol. The monoisotopic (exact) mass is 267 g/mol. The molecular formula is C17H21N3. The first-order valence-corrected chi connectivity index (χ1v) is 7.35. The van der Waals surface area contributed by atoms with E-state index in [1.54, 1.807) is 0 Å². The molecule has 0 unspecified atom stereocenters. The van der Waals surface area contributed by atoms with Gasteiger partial charge in [0, 0.05) is 31.4 Å². The van der Waals surface area contributed by atoms with E-state index in [4.69, 9.17) is 0 Å². The number of nitrogens with one attached hydrogen (secondary N) is 1. The van der Waals surface area contributed by atoms with Gasteiger partial charge in [0.15, 0.2) is 0 Å². The van der Waals surface area contributed by atoms with Crippen LogP contribution in [0.4, 0.5) is 5.82 Å². The van der Waals surface area contributed by atoms with Crippen LogP contribution in [0.15, 0.2) is 42.6 Å². The Balaban J connectivity index is 1.84. The molecule has 3 rings (SSSR count). The SMILES string of the molecule is CCNCc1cccnc1N1CCc2ccccc2C1. The summed E-state index contributed by atoms with van der Waals surface area (Å²) in [5.41, 5.74) is 4.19. The lowest BCUT2D eigenvalue weighted by molar-refractivity contribution is 0.690. The van der Waals surface area contributed by atoms with Crippen molar-refractivity contribution in [1.82, 2.24) is 10.3 Å². The van der Waals surface area contributed by atoms with Crippen LogP contribution >= 0.6 is 0 Å². The molecule has 0 saturated carbocycles. The summed E-state index contributed by atoms with van der Waals surface area (Å²) in [5, 5.41) is 3.40. The van der Waals surface area contributed by atoms with E-state index in [1.165, 1.54) is 16.7 Å². The van der Waals surface area contributed by atoms with Crippen LogP contribution in [0.5, 0.6) is 0 Å². The summed E-state index contributed by atoms with van der Waals surface area (Å²) >= 11 is 0. The Morgan fingerprint density at radius 1 is 1.15 bits per heavy atom. The molecule has 3 nitrogen and oxygen atoms in total. The van der Waals surface area contributed by atoms with Crippen molar-refractivity contribution in [3.8, 4) is 0 Å². The van der Waals surface area contributed by atoms with Crippen molar-refractivity contribution in [2.45, 2.75) is 26.4 Å². The molecule has 3 heteroatoms. The average Bonchev–Trinajstić information content (AvgIpc) is 2.53. The molecule has 1 aromatic heterocycles. The maximum absolute atomic E-state index is 4.61. The van der Waals surface area contributed by atoms with Gasteiger partial charge in [-0.2, -0.15) is 0 Å². The van der Waals surface area contributed by atoms with Gasteiger partial charge in [-0.25, -0.2) is 4.98 Å². The van der Waals surface area contributed by atoms with Gasteiger partial charge < -0.3 is 10.2 Å². The first kappa shape index (κ1) is 13.1. The third-order valence-corrected chi connectivity index (χ3v) is 3.86. The molecule has 0 bridgehead atoms. The normalized spacial score (nSPS) is 14.2. The summed E-state index contributed by atoms with van der Waals surface area (Å²) in [7, 11) is 0. The minimum atomic E-state index is 0.887. The second-order valence-corrected chi connectivity index (χ2v) is 5.21. The number of nitrogens with zero attached hydrogens (tertiary/aromatic N) is 2. The van der Waals surface area contributed by atoms with Gasteiger partial charge in [0.2, 0.25) is 0 Å². The van der Waals surface area contributed by atoms with Gasteiger partial charge >= 0.3 is 0 Å². The second-order valence-electron chi connectivity index (χ2n) is 5.21. The van der Waals surface area contributed by atoms with Crippen molar-refractivity contribution in [2.75, 3.05) is 18.0 Å². The highest BCUT2D eigenvalue weighted by Crippen LogP contribution is 2.25. The molecule has 1 N–H and O–H groups in total. The first-order valence-electron chi connectivity index (χ1n) is 7.35. The van der Waals surface area contributed by atoms with E-state index in [1.807, 2.05) is 12.3 Å². The fourth-order valence-electron chi connectivity index (χ4n) is 2.79. The molecule has 1 aliphatic rings. The van der Waals surface area contributed by atoms with E-state index in [9.17, 15) is 0 Å². The van der Waals surface area contributed by atoms with Crippen LogP contribution in [0, 0.1) is 0 Å². The predicted octanol–water partition coefficient (Wildman–Crippen LogP) is 2.75. The van der Waals surface area contributed by atoms with Crippen molar-refractivity contribution in [3.05, 3.63) is 59.3 Å². The van der Waals surface area contributed by atoms with Crippen LogP contribution in [0.2, 0.25) is 0 Å². The standard InChI is InChI=1S/C17H21N3/c1-2-18-12-15-8-5-10-19-17(15)20-11-9-14-6-3-4-7-16(14)13-20/h3-8,10,18H,2,9,11-13H2,1H3. The largest absolute Gasteiger partial charge is 0.352 e. The second kappa shape index (κ2) is 6.06. The highest BCUT2D eigenvalue weighted by Gasteiger charge is 2.18. The Hall–Kier alpha value is -1.87. The Labute approximate surface area is 120 Å². The maximum atomic E-state index is 4.61. The number of aromatic nitrogens is 1. The lowest BCUT2D eigenvalue weighted by atomic mass is 9.99. The minimum absolute atomic E-state index is 0.887. The van der Waals surface area contributed by atoms with Crippen molar-refractivity contribution in [3.63, 3.8) is 0 Å². The number of hydrogen-bond donors (Lipinski definition) is 1. The molecule has 0 amide bonds. The summed E-state index contributed by atoms with van der Waals surface area (Å²) in [6.07, 6.45) is 3.00. The zero-order chi connectivity index (χ0) is 13.8. The summed E-state index contributed by atoms with van der Waals surface area (Å²) in [6, 6.07) is 12.9. The molecule has 0 fully saturated rings. The molecule has 0 spiro atoms. The van der Waals surface area contributed by atoms with Crippen LogP contribution < -0.4 is 10.2 Å². The Kier molecular flexibility index (Phi) is 3.97. The van der Waals surface area contributed by atoms with Gasteiger partial charge in [-0.15, -0.1) is 0 Å². The number of hydrogen-bond acceptors (Lipinski definition) is 3. The molecule has 2 aromatic rings. The molecule has 1 aliphatic heterocycles. The molecule has 104 valence electrons. The molecule has 1 aromatic carbocycles. The van der Waals surface area contributed by atoms with E-state index in [0.29, 0.717) is 0 Å². The Morgan fingerprint density at radius 3 is 2.85 bits per heavy atom. The highest BCUT2D eigenvalue weighted by molar-refractivity contribution is 5.49. The van der Waals surface area contributed by atoms with Gasteiger partial charge in [0.1, 0.15) is 5.82 Å². The van der Waals surface area contributed by atoms with Gasteiger partial charge in [-0.05, 0) is 30.2 Å². The van der Waals surface area contributed by atoms with E-state index in [-0.39, 0.29) is 0 Å². The molecule has 0 aliphatic carbocycles. The van der Waals surface area contributed by atoms with Gasteiger partial charge in [-0.1, -0.05) is 37.3 Å². The lowest BCUT2D eigenvalue weighted by Crippen LogP contribution is -2.32. The van der Waals surface area contributed by atoms with Gasteiger partial charge in [0.25, 0.3) is 0 Å². The Bertz CT molecular complexity index is 580. The van der Waals surface area contributed by atoms with Crippen molar-refractivity contribution in [2.24, 2.45) is 0 Å². The number of benzene rings is 1. The van der Waals surface area contributed by atoms with Gasteiger partial charge in [-0.3, -0.25) is 0 Å². The number of fused-ring (bicyclic) bond motifs is 1. The lowest BCUT2D eigenvalue weighted by Gasteiger charge is -2.31. The third kappa shape index (κ3) is 2.68. The van der Waals surface area contributed by atoms with Gasteiger partial charge in [0.05, 0.1) is 0 Å². The zero-order valence-corrected chi connectivity index (χ0v) is 12.0. The fourth-order valence-corrected chi connectivity index (χ4v) is 2.79. The summed E-state index contributed by atoms with van der Waals surface area (Å²) in [5.74, 6) is 1.13. The Morgan fingerprint density at radius 2 is 2.00 bits per heavy atom. The number of anilines is 1. The first-order chi connectivity index (χ1) is 9.88. The van der Waals surface area contributed by atoms with Crippen LogP contribution in [0.3, 0.4) is 0 Å². The maximum Gasteiger partial charge on any atom is 0.133 e. The summed E-state index contributed by atoms with van der Waals surface area (Å²) in [6.45, 7) is 6.02. The van der Waals surface area contributed by atoms with E-state index >= 15 is 0 Å². The van der Waals surface area contributed by atoms with E-state index in [0.717, 1.165) is 38.4 Å². The molecule has 0 atom stereocenters. The summed E-state index contributed by atoms with van der Waals surface area (Å²) < 4.78 is 0. The molecule has 2 heterocycles. The smallest absolute Gasteiger partial charge is 0.133 e. The van der Waals surface area contributed by atoms with Crippen molar-refractivity contribution < 1.29 is 0 Å². The summed E-state index contributed by atoms with van der Waals surface area (Å²) in [4.78, 5) is 7.01. The molecule has 0 saturated heterocycles. The zero-order valence-electron chi connectivity index (χ0n) is 12.0. The van der Waals surface area contributed by atoms with E-state index in [2.05, 4.69) is 52.5 Å². The quantitative estimate of drug-likeness (QED) is 0.923. The van der Waals surface area contributed by atoms with Crippen LogP contribution in [0.1, 0.15) is 23.6 Å². The predicted molar refractivity (Wildman–Crippen MR) is 82.8 cm³/mol. The minimum Gasteiger partial charge on any atom is -0.352 e. The van der Waals surface area contributed by atoms with Crippen molar-refractivity contribution >= 4 is 5.82 Å². The van der Waals surface area contributed by atoms with Crippen LogP contribution in [0.25, 0.3) is 0 Å². The number of rotatable bonds is 4. The van der Waals surface area contributed by atoms with Crippen LogP contribution in [-0.4, -0.2) is 18.1 Å². The number of pyridine rings is 1. The van der Waals surface area contributed by atoms with Crippen LogP contribution in [-0.2, 0) is 19.5 Å². The third-order valence-electron chi connectivity index (χ3n) is 3.86. The molecular weight excluding hydrogens is 246 g/mol. The van der Waals surface area contributed by atoms with E-state index < -0.39 is 0 Å². The topological polar surface area (TPSA) is 28.2 Å². The fraction of sp³-hybridized carbons (Fsp3) is 0.353. The van der Waals surface area contributed by atoms with Crippen molar-refractivity contribution in [1.29, 1.82) is 0 Å². The highest BCUT2D eigenvalue weighted by atomic mass is 15.2.